The Morgan fingerprint density at radius 1 is 1.08 bits per heavy atom. The van der Waals surface area contributed by atoms with E-state index in [0.29, 0.717) is 5.41 Å². The van der Waals surface area contributed by atoms with Crippen molar-refractivity contribution in [3.63, 3.8) is 0 Å². The fraction of sp³-hybridized carbons (Fsp3) is 1.00. The molecule has 1 heteroatoms. The third-order valence-corrected chi connectivity index (χ3v) is 4.70. The average Bonchev–Trinajstić information content (AvgIpc) is 2.32. The van der Waals surface area contributed by atoms with Gasteiger partial charge in [0, 0.05) is 5.33 Å². The predicted molar refractivity (Wildman–Crippen MR) is 63.4 cm³/mol. The molecular formula is C12H23Br. The van der Waals surface area contributed by atoms with E-state index in [4.69, 9.17) is 0 Å². The molecule has 0 nitrogen and oxygen atoms in total. The van der Waals surface area contributed by atoms with Gasteiger partial charge in [-0.1, -0.05) is 68.3 Å². The summed E-state index contributed by atoms with van der Waals surface area (Å²) >= 11 is 3.62. The quantitative estimate of drug-likeness (QED) is 0.498. The maximum atomic E-state index is 3.62. The Labute approximate surface area is 91.6 Å². The Kier molecular flexibility index (Phi) is 4.78. The van der Waals surface area contributed by atoms with Gasteiger partial charge in [0.05, 0.1) is 0 Å². The summed E-state index contributed by atoms with van der Waals surface area (Å²) in [5.41, 5.74) is 0.509. The van der Waals surface area contributed by atoms with Gasteiger partial charge in [0.25, 0.3) is 0 Å². The van der Waals surface area contributed by atoms with Gasteiger partial charge in [-0.25, -0.2) is 0 Å². The molecule has 13 heavy (non-hydrogen) atoms. The van der Waals surface area contributed by atoms with Crippen molar-refractivity contribution in [1.29, 1.82) is 0 Å². The minimum absolute atomic E-state index is 0.509. The van der Waals surface area contributed by atoms with Crippen molar-refractivity contribution in [3.05, 3.63) is 0 Å². The number of halogens is 1. The number of hydrogen-bond donors (Lipinski definition) is 0. The molecule has 0 bridgehead atoms. The summed E-state index contributed by atoms with van der Waals surface area (Å²) in [7, 11) is 0. The number of alkyl halides is 1. The van der Waals surface area contributed by atoms with Crippen LogP contribution < -0.4 is 0 Å². The normalized spacial score (nSPS) is 21.5. The van der Waals surface area contributed by atoms with E-state index in [0.717, 1.165) is 11.2 Å². The van der Waals surface area contributed by atoms with Gasteiger partial charge >= 0.3 is 0 Å². The zero-order valence-corrected chi connectivity index (χ0v) is 10.7. The number of rotatable bonds is 3. The van der Waals surface area contributed by atoms with Crippen molar-refractivity contribution >= 4 is 15.9 Å². The second-order valence-corrected chi connectivity index (χ2v) is 5.92. The van der Waals surface area contributed by atoms with Crippen LogP contribution in [0.4, 0.5) is 0 Å². The molecule has 0 atom stereocenters. The van der Waals surface area contributed by atoms with Gasteiger partial charge in [0.2, 0.25) is 0 Å². The Morgan fingerprint density at radius 3 is 2.08 bits per heavy atom. The summed E-state index contributed by atoms with van der Waals surface area (Å²) in [5.74, 6) is 1.01. The van der Waals surface area contributed by atoms with E-state index < -0.39 is 0 Å². The second-order valence-electron chi connectivity index (χ2n) is 5.36. The highest BCUT2D eigenvalue weighted by Gasteiger charge is 2.22. The summed E-state index contributed by atoms with van der Waals surface area (Å²) < 4.78 is 0. The van der Waals surface area contributed by atoms with Crippen LogP contribution in [-0.4, -0.2) is 5.33 Å². The van der Waals surface area contributed by atoms with Crippen molar-refractivity contribution in [2.24, 2.45) is 11.3 Å². The zero-order valence-electron chi connectivity index (χ0n) is 9.11. The van der Waals surface area contributed by atoms with Crippen molar-refractivity contribution < 1.29 is 0 Å². The van der Waals surface area contributed by atoms with Crippen molar-refractivity contribution in [3.8, 4) is 0 Å². The molecule has 0 amide bonds. The van der Waals surface area contributed by atoms with Crippen LogP contribution in [-0.2, 0) is 0 Å². The van der Waals surface area contributed by atoms with Crippen molar-refractivity contribution in [1.82, 2.24) is 0 Å². The fourth-order valence-corrected chi connectivity index (χ4v) is 2.63. The van der Waals surface area contributed by atoms with Crippen LogP contribution in [0.15, 0.2) is 0 Å². The summed E-state index contributed by atoms with van der Waals surface area (Å²) in [6, 6.07) is 0. The van der Waals surface area contributed by atoms with E-state index in [1.807, 2.05) is 0 Å². The maximum Gasteiger partial charge on any atom is 0.00827 e. The van der Waals surface area contributed by atoms with Crippen LogP contribution in [0.25, 0.3) is 0 Å². The molecule has 1 fully saturated rings. The fourth-order valence-electron chi connectivity index (χ4n) is 2.40. The van der Waals surface area contributed by atoms with E-state index in [1.165, 1.54) is 44.9 Å². The van der Waals surface area contributed by atoms with Crippen LogP contribution in [0, 0.1) is 11.3 Å². The summed E-state index contributed by atoms with van der Waals surface area (Å²) in [6.45, 7) is 4.76. The smallest absolute Gasteiger partial charge is 0.00827 e. The average molecular weight is 247 g/mol. The van der Waals surface area contributed by atoms with Crippen LogP contribution in [0.5, 0.6) is 0 Å². The molecule has 1 rings (SSSR count). The molecule has 0 aromatic heterocycles. The zero-order chi connectivity index (χ0) is 9.73. The first-order valence-electron chi connectivity index (χ1n) is 5.70. The van der Waals surface area contributed by atoms with Gasteiger partial charge in [0.1, 0.15) is 0 Å². The van der Waals surface area contributed by atoms with E-state index in [2.05, 4.69) is 29.8 Å². The largest absolute Gasteiger partial charge is 0.0922 e. The molecule has 0 unspecified atom stereocenters. The summed E-state index contributed by atoms with van der Waals surface area (Å²) in [5, 5.41) is 1.15. The van der Waals surface area contributed by atoms with Crippen LogP contribution in [0.3, 0.4) is 0 Å². The Hall–Kier alpha value is 0.480. The topological polar surface area (TPSA) is 0 Å². The van der Waals surface area contributed by atoms with Gasteiger partial charge in [-0.2, -0.15) is 0 Å². The lowest BCUT2D eigenvalue weighted by atomic mass is 9.81. The molecule has 0 aromatic rings. The van der Waals surface area contributed by atoms with Crippen LogP contribution >= 0.6 is 15.9 Å². The van der Waals surface area contributed by atoms with Crippen LogP contribution in [0.1, 0.15) is 58.8 Å². The molecule has 0 aliphatic heterocycles. The first-order chi connectivity index (χ1) is 6.14. The predicted octanol–water partition coefficient (Wildman–Crippen LogP) is 4.77. The molecule has 78 valence electrons. The molecular weight excluding hydrogens is 224 g/mol. The van der Waals surface area contributed by atoms with E-state index in [1.54, 1.807) is 0 Å². The highest BCUT2D eigenvalue weighted by molar-refractivity contribution is 9.09. The standard InChI is InChI=1S/C12H23Br/c1-12(2,10-13)9-11-7-5-3-4-6-8-11/h11H,3-10H2,1-2H3. The minimum atomic E-state index is 0.509. The van der Waals surface area contributed by atoms with Gasteiger partial charge < -0.3 is 0 Å². The first kappa shape index (κ1) is 11.6. The lowest BCUT2D eigenvalue weighted by Crippen LogP contribution is -2.18. The SMILES string of the molecule is CC(C)(CBr)CC1CCCCCC1. The van der Waals surface area contributed by atoms with Gasteiger partial charge in [-0.15, -0.1) is 0 Å². The molecule has 1 aliphatic rings. The second kappa shape index (κ2) is 5.38. The Bertz CT molecular complexity index is 132. The maximum absolute atomic E-state index is 3.62. The third-order valence-electron chi connectivity index (χ3n) is 3.18. The molecule has 0 radical (unpaired) electrons. The van der Waals surface area contributed by atoms with Crippen molar-refractivity contribution in [2.45, 2.75) is 58.8 Å². The molecule has 0 aromatic carbocycles. The van der Waals surface area contributed by atoms with Crippen molar-refractivity contribution in [2.75, 3.05) is 5.33 Å². The molecule has 0 spiro atoms. The highest BCUT2D eigenvalue weighted by Crippen LogP contribution is 2.34. The molecule has 0 saturated heterocycles. The number of hydrogen-bond acceptors (Lipinski definition) is 0. The molecule has 1 aliphatic carbocycles. The Morgan fingerprint density at radius 2 is 1.62 bits per heavy atom. The monoisotopic (exact) mass is 246 g/mol. The first-order valence-corrected chi connectivity index (χ1v) is 6.82. The van der Waals surface area contributed by atoms with Gasteiger partial charge in [-0.05, 0) is 17.8 Å². The lowest BCUT2D eigenvalue weighted by molar-refractivity contribution is 0.280. The molecule has 0 N–H and O–H groups in total. The van der Waals surface area contributed by atoms with E-state index in [9.17, 15) is 0 Å². The lowest BCUT2D eigenvalue weighted by Gasteiger charge is -2.27. The summed E-state index contributed by atoms with van der Waals surface area (Å²) in [6.07, 6.45) is 10.3. The summed E-state index contributed by atoms with van der Waals surface area (Å²) in [4.78, 5) is 0. The van der Waals surface area contributed by atoms with Gasteiger partial charge in [0.15, 0.2) is 0 Å². The Balaban J connectivity index is 2.33. The molecule has 0 heterocycles. The van der Waals surface area contributed by atoms with E-state index >= 15 is 0 Å². The van der Waals surface area contributed by atoms with Crippen LogP contribution in [0.2, 0.25) is 0 Å². The van der Waals surface area contributed by atoms with E-state index in [-0.39, 0.29) is 0 Å². The minimum Gasteiger partial charge on any atom is -0.0922 e. The highest BCUT2D eigenvalue weighted by atomic mass is 79.9. The third kappa shape index (κ3) is 4.49. The van der Waals surface area contributed by atoms with Gasteiger partial charge in [-0.3, -0.25) is 0 Å². The molecule has 1 saturated carbocycles.